The number of aromatic nitrogens is 2. The lowest BCUT2D eigenvalue weighted by molar-refractivity contribution is -0.275. The molecular formula is C28H25F5N2O2. The molecule has 0 atom stereocenters. The van der Waals surface area contributed by atoms with E-state index in [1.54, 1.807) is 31.6 Å². The Morgan fingerprint density at radius 1 is 0.757 bits per heavy atom. The van der Waals surface area contributed by atoms with Gasteiger partial charge in [0.1, 0.15) is 11.6 Å². The standard InChI is InChI=1S/C28H25F5N2O2/c1-36-13-12-20-16-34-26(35-17-20)11-5-18-3-9-23-22(14-18)8-7-21(27(23)30)6-2-19-4-10-25(24(29)15-19)37-28(31,32)33/h3-4,7-10,14-17H,2,5-6,11-13H2,1H3. The van der Waals surface area contributed by atoms with Gasteiger partial charge in [-0.1, -0.05) is 36.4 Å². The number of fused-ring (bicyclic) bond motifs is 1. The highest BCUT2D eigenvalue weighted by Gasteiger charge is 2.32. The number of methoxy groups -OCH3 is 1. The number of ether oxygens (including phenoxy) is 2. The van der Waals surface area contributed by atoms with Crippen LogP contribution in [0, 0.1) is 11.6 Å². The second kappa shape index (κ2) is 11.6. The first-order valence-corrected chi connectivity index (χ1v) is 11.7. The largest absolute Gasteiger partial charge is 0.573 e. The van der Waals surface area contributed by atoms with E-state index in [9.17, 15) is 17.6 Å². The van der Waals surface area contributed by atoms with Crippen LogP contribution in [0.15, 0.2) is 60.9 Å². The Morgan fingerprint density at radius 3 is 2.16 bits per heavy atom. The molecule has 9 heteroatoms. The summed E-state index contributed by atoms with van der Waals surface area (Å²) in [5.74, 6) is -1.64. The Morgan fingerprint density at radius 2 is 1.46 bits per heavy atom. The monoisotopic (exact) mass is 516 g/mol. The molecule has 3 aromatic carbocycles. The van der Waals surface area contributed by atoms with Gasteiger partial charge in [0.05, 0.1) is 6.61 Å². The number of benzene rings is 3. The number of alkyl halides is 3. The van der Waals surface area contributed by atoms with Crippen molar-refractivity contribution in [1.29, 1.82) is 0 Å². The first-order chi connectivity index (χ1) is 17.7. The van der Waals surface area contributed by atoms with Crippen LogP contribution in [0.25, 0.3) is 10.8 Å². The fourth-order valence-electron chi connectivity index (χ4n) is 4.04. The van der Waals surface area contributed by atoms with E-state index in [-0.39, 0.29) is 18.7 Å². The SMILES string of the molecule is COCCc1cnc(CCc2ccc3c(F)c(CCc4ccc(OC(F)(F)F)c(F)c4)ccc3c2)nc1. The van der Waals surface area contributed by atoms with Crippen LogP contribution in [0.5, 0.6) is 5.75 Å². The van der Waals surface area contributed by atoms with Crippen molar-refractivity contribution in [2.75, 3.05) is 13.7 Å². The van der Waals surface area contributed by atoms with Gasteiger partial charge in [-0.15, -0.1) is 13.2 Å². The quantitative estimate of drug-likeness (QED) is 0.224. The summed E-state index contributed by atoms with van der Waals surface area (Å²) in [4.78, 5) is 8.80. The summed E-state index contributed by atoms with van der Waals surface area (Å²) in [6.45, 7) is 0.616. The molecule has 4 nitrogen and oxygen atoms in total. The van der Waals surface area contributed by atoms with Crippen LogP contribution in [-0.4, -0.2) is 30.0 Å². The number of hydrogen-bond acceptors (Lipinski definition) is 4. The summed E-state index contributed by atoms with van der Waals surface area (Å²) < 4.78 is 74.8. The normalized spacial score (nSPS) is 11.7. The molecule has 0 N–H and O–H groups in total. The highest BCUT2D eigenvalue weighted by molar-refractivity contribution is 5.84. The van der Waals surface area contributed by atoms with Gasteiger partial charge in [-0.05, 0) is 65.5 Å². The van der Waals surface area contributed by atoms with E-state index in [4.69, 9.17) is 4.74 Å². The van der Waals surface area contributed by atoms with Crippen LogP contribution in [-0.2, 0) is 36.8 Å². The van der Waals surface area contributed by atoms with E-state index in [1.807, 2.05) is 18.2 Å². The molecule has 0 radical (unpaired) electrons. The number of halogens is 5. The van der Waals surface area contributed by atoms with E-state index in [2.05, 4.69) is 14.7 Å². The van der Waals surface area contributed by atoms with Crippen molar-refractivity contribution in [2.24, 2.45) is 0 Å². The van der Waals surface area contributed by atoms with Crippen LogP contribution < -0.4 is 4.74 Å². The Kier molecular flexibility index (Phi) is 8.33. The molecule has 4 rings (SSSR count). The molecule has 1 aromatic heterocycles. The maximum Gasteiger partial charge on any atom is 0.573 e. The van der Waals surface area contributed by atoms with E-state index in [0.717, 1.165) is 40.9 Å². The molecule has 194 valence electrons. The van der Waals surface area contributed by atoms with Crippen molar-refractivity contribution >= 4 is 10.8 Å². The van der Waals surface area contributed by atoms with Crippen molar-refractivity contribution in [3.63, 3.8) is 0 Å². The van der Waals surface area contributed by atoms with E-state index in [0.29, 0.717) is 36.0 Å². The summed E-state index contributed by atoms with van der Waals surface area (Å²) >= 11 is 0. The van der Waals surface area contributed by atoms with Gasteiger partial charge in [0.15, 0.2) is 11.6 Å². The molecule has 0 aliphatic carbocycles. The van der Waals surface area contributed by atoms with Gasteiger partial charge in [-0.3, -0.25) is 0 Å². The van der Waals surface area contributed by atoms with E-state index >= 15 is 4.39 Å². The molecule has 4 aromatic rings. The number of rotatable bonds is 10. The summed E-state index contributed by atoms with van der Waals surface area (Å²) in [5.41, 5.74) is 2.93. The van der Waals surface area contributed by atoms with Crippen LogP contribution in [0.3, 0.4) is 0 Å². The predicted octanol–water partition coefficient (Wildman–Crippen LogP) is 6.57. The second-order valence-electron chi connectivity index (χ2n) is 8.66. The minimum absolute atomic E-state index is 0.258. The summed E-state index contributed by atoms with van der Waals surface area (Å²) in [7, 11) is 1.65. The molecule has 0 aliphatic heterocycles. The van der Waals surface area contributed by atoms with Gasteiger partial charge in [-0.25, -0.2) is 18.7 Å². The maximum absolute atomic E-state index is 15.2. The maximum atomic E-state index is 15.2. The van der Waals surface area contributed by atoms with Crippen molar-refractivity contribution in [3.05, 3.63) is 101 Å². The summed E-state index contributed by atoms with van der Waals surface area (Å²) in [5, 5.41) is 1.23. The smallest absolute Gasteiger partial charge is 0.403 e. The fourth-order valence-corrected chi connectivity index (χ4v) is 4.04. The van der Waals surface area contributed by atoms with Crippen LogP contribution in [0.4, 0.5) is 22.0 Å². The van der Waals surface area contributed by atoms with Crippen LogP contribution in [0.1, 0.15) is 28.1 Å². The second-order valence-corrected chi connectivity index (χ2v) is 8.66. The predicted molar refractivity (Wildman–Crippen MR) is 129 cm³/mol. The zero-order valence-corrected chi connectivity index (χ0v) is 20.1. The topological polar surface area (TPSA) is 44.2 Å². The first-order valence-electron chi connectivity index (χ1n) is 11.7. The summed E-state index contributed by atoms with van der Waals surface area (Å²) in [6, 6.07) is 12.3. The van der Waals surface area contributed by atoms with Gasteiger partial charge in [-0.2, -0.15) is 0 Å². The summed E-state index contributed by atoms with van der Waals surface area (Å²) in [6.07, 6.45) is 1.27. The zero-order valence-electron chi connectivity index (χ0n) is 20.1. The van der Waals surface area contributed by atoms with Crippen molar-refractivity contribution in [2.45, 2.75) is 38.5 Å². The zero-order chi connectivity index (χ0) is 26.4. The molecule has 0 bridgehead atoms. The Bertz CT molecular complexity index is 1360. The van der Waals surface area contributed by atoms with Crippen molar-refractivity contribution in [3.8, 4) is 5.75 Å². The van der Waals surface area contributed by atoms with Gasteiger partial charge in [0.25, 0.3) is 0 Å². The molecule has 37 heavy (non-hydrogen) atoms. The third-order valence-corrected chi connectivity index (χ3v) is 5.99. The van der Waals surface area contributed by atoms with Gasteiger partial charge in [0.2, 0.25) is 0 Å². The molecule has 0 unspecified atom stereocenters. The van der Waals surface area contributed by atoms with Gasteiger partial charge >= 0.3 is 6.36 Å². The molecule has 0 amide bonds. The Labute approximate surface area is 211 Å². The highest BCUT2D eigenvalue weighted by Crippen LogP contribution is 2.28. The minimum Gasteiger partial charge on any atom is -0.403 e. The van der Waals surface area contributed by atoms with E-state index < -0.39 is 17.9 Å². The lowest BCUT2D eigenvalue weighted by atomic mass is 9.98. The molecule has 0 aliphatic rings. The molecule has 0 fully saturated rings. The van der Waals surface area contributed by atoms with Crippen LogP contribution >= 0.6 is 0 Å². The molecular weight excluding hydrogens is 491 g/mol. The van der Waals surface area contributed by atoms with Gasteiger partial charge in [0, 0.05) is 31.3 Å². The lowest BCUT2D eigenvalue weighted by Crippen LogP contribution is -2.18. The average Bonchev–Trinajstić information content (AvgIpc) is 2.87. The lowest BCUT2D eigenvalue weighted by Gasteiger charge is -2.11. The number of nitrogens with zero attached hydrogens (tertiary/aromatic N) is 2. The van der Waals surface area contributed by atoms with E-state index in [1.165, 1.54) is 6.07 Å². The average molecular weight is 517 g/mol. The third-order valence-electron chi connectivity index (χ3n) is 5.99. The molecule has 0 saturated carbocycles. The molecule has 0 saturated heterocycles. The van der Waals surface area contributed by atoms with Gasteiger partial charge < -0.3 is 9.47 Å². The minimum atomic E-state index is -4.97. The highest BCUT2D eigenvalue weighted by atomic mass is 19.4. The van der Waals surface area contributed by atoms with Crippen molar-refractivity contribution in [1.82, 2.24) is 9.97 Å². The third kappa shape index (κ3) is 7.22. The molecule has 0 spiro atoms. The number of aryl methyl sites for hydroxylation is 4. The van der Waals surface area contributed by atoms with Crippen LogP contribution in [0.2, 0.25) is 0 Å². The van der Waals surface area contributed by atoms with Crippen molar-refractivity contribution < 1.29 is 31.4 Å². The Balaban J connectivity index is 1.39. The fraction of sp³-hybridized carbons (Fsp3) is 0.286. The Hall–Kier alpha value is -3.59. The molecule has 1 heterocycles. The first kappa shape index (κ1) is 26.5. The number of hydrogen-bond donors (Lipinski definition) is 0.